The molecule has 16 heavy (non-hydrogen) atoms. The van der Waals surface area contributed by atoms with E-state index < -0.39 is 0 Å². The molecule has 1 unspecified atom stereocenters. The Morgan fingerprint density at radius 2 is 2.31 bits per heavy atom. The maximum absolute atomic E-state index is 6.09. The molecule has 1 aliphatic carbocycles. The van der Waals surface area contributed by atoms with Crippen LogP contribution in [0.15, 0.2) is 16.7 Å². The Kier molecular flexibility index (Phi) is 2.29. The van der Waals surface area contributed by atoms with E-state index in [2.05, 4.69) is 23.1 Å². The molecular formula is C11H13N3OS. The summed E-state index contributed by atoms with van der Waals surface area (Å²) in [5.74, 6) is 1.83. The van der Waals surface area contributed by atoms with Crippen molar-refractivity contribution in [3.05, 3.63) is 33.6 Å². The van der Waals surface area contributed by atoms with Gasteiger partial charge in [0.2, 0.25) is 5.89 Å². The van der Waals surface area contributed by atoms with E-state index >= 15 is 0 Å². The molecule has 1 aliphatic rings. The zero-order valence-electron chi connectivity index (χ0n) is 9.01. The third kappa shape index (κ3) is 1.76. The molecule has 3 rings (SSSR count). The molecule has 0 radical (unpaired) electrons. The maximum atomic E-state index is 6.09. The summed E-state index contributed by atoms with van der Waals surface area (Å²) >= 11 is 1.68. The topological polar surface area (TPSA) is 64.9 Å². The number of hydrogen-bond acceptors (Lipinski definition) is 5. The van der Waals surface area contributed by atoms with Gasteiger partial charge in [0.25, 0.3) is 0 Å². The minimum absolute atomic E-state index is 0.255. The van der Waals surface area contributed by atoms with E-state index in [0.717, 1.165) is 23.6 Å². The molecule has 0 aliphatic heterocycles. The largest absolute Gasteiger partial charge is 0.339 e. The van der Waals surface area contributed by atoms with Gasteiger partial charge in [0.15, 0.2) is 5.82 Å². The first-order valence-corrected chi connectivity index (χ1v) is 6.21. The van der Waals surface area contributed by atoms with Gasteiger partial charge in [-0.2, -0.15) is 4.98 Å². The van der Waals surface area contributed by atoms with E-state index in [1.807, 2.05) is 6.07 Å². The second-order valence-electron chi connectivity index (χ2n) is 4.19. The first-order valence-electron chi connectivity index (χ1n) is 5.39. The molecule has 1 fully saturated rings. The quantitative estimate of drug-likeness (QED) is 0.887. The van der Waals surface area contributed by atoms with Crippen molar-refractivity contribution in [3.63, 3.8) is 0 Å². The molecule has 0 spiro atoms. The van der Waals surface area contributed by atoms with Gasteiger partial charge < -0.3 is 10.3 Å². The molecule has 2 N–H and O–H groups in total. The summed E-state index contributed by atoms with van der Waals surface area (Å²) in [6.45, 7) is 2.06. The molecule has 0 bridgehead atoms. The first kappa shape index (κ1) is 9.99. The third-order valence-electron chi connectivity index (χ3n) is 2.73. The third-order valence-corrected chi connectivity index (χ3v) is 3.81. The minimum Gasteiger partial charge on any atom is -0.339 e. The highest BCUT2D eigenvalue weighted by Gasteiger charge is 2.30. The SMILES string of the molecule is Cc1ccc(C(N)c2noc(C3CC3)n2)s1. The van der Waals surface area contributed by atoms with Crippen LogP contribution in [0.3, 0.4) is 0 Å². The van der Waals surface area contributed by atoms with Crippen LogP contribution in [-0.2, 0) is 0 Å². The average Bonchev–Trinajstić information content (AvgIpc) is 2.86. The number of aryl methyl sites for hydroxylation is 1. The lowest BCUT2D eigenvalue weighted by Gasteiger charge is -2.02. The first-order chi connectivity index (χ1) is 7.74. The van der Waals surface area contributed by atoms with Crippen molar-refractivity contribution in [3.8, 4) is 0 Å². The Labute approximate surface area is 97.5 Å². The minimum atomic E-state index is -0.255. The van der Waals surface area contributed by atoms with Crippen LogP contribution in [0, 0.1) is 6.92 Å². The fourth-order valence-corrected chi connectivity index (χ4v) is 2.49. The number of hydrogen-bond donors (Lipinski definition) is 1. The summed E-state index contributed by atoms with van der Waals surface area (Å²) in [4.78, 5) is 6.69. The highest BCUT2D eigenvalue weighted by molar-refractivity contribution is 7.12. The molecular weight excluding hydrogens is 222 g/mol. The average molecular weight is 235 g/mol. The maximum Gasteiger partial charge on any atom is 0.229 e. The summed E-state index contributed by atoms with van der Waals surface area (Å²) in [5, 5.41) is 3.96. The monoisotopic (exact) mass is 235 g/mol. The summed E-state index contributed by atoms with van der Waals surface area (Å²) in [7, 11) is 0. The normalized spacial score (nSPS) is 17.6. The zero-order valence-corrected chi connectivity index (χ0v) is 9.83. The molecule has 2 aromatic rings. The van der Waals surface area contributed by atoms with Crippen LogP contribution in [0.4, 0.5) is 0 Å². The Hall–Kier alpha value is -1.20. The van der Waals surface area contributed by atoms with Crippen molar-refractivity contribution >= 4 is 11.3 Å². The van der Waals surface area contributed by atoms with Crippen molar-refractivity contribution in [1.29, 1.82) is 0 Å². The van der Waals surface area contributed by atoms with Gasteiger partial charge in [-0.1, -0.05) is 5.16 Å². The second kappa shape index (κ2) is 3.68. The molecule has 0 amide bonds. The standard InChI is InChI=1S/C11H13N3OS/c1-6-2-5-8(16-6)9(12)10-13-11(15-14-10)7-3-4-7/h2,5,7,9H,3-4,12H2,1H3. The van der Waals surface area contributed by atoms with Gasteiger partial charge in [-0.3, -0.25) is 0 Å². The van der Waals surface area contributed by atoms with Gasteiger partial charge in [0, 0.05) is 15.7 Å². The molecule has 1 atom stereocenters. The number of nitrogens with zero attached hydrogens (tertiary/aromatic N) is 2. The number of thiophene rings is 1. The van der Waals surface area contributed by atoms with Crippen molar-refractivity contribution in [2.24, 2.45) is 5.73 Å². The van der Waals surface area contributed by atoms with Crippen LogP contribution in [0.5, 0.6) is 0 Å². The Bertz CT molecular complexity index is 501. The van der Waals surface area contributed by atoms with Gasteiger partial charge >= 0.3 is 0 Å². The van der Waals surface area contributed by atoms with E-state index in [9.17, 15) is 0 Å². The van der Waals surface area contributed by atoms with Crippen LogP contribution in [-0.4, -0.2) is 10.1 Å². The van der Waals surface area contributed by atoms with Crippen LogP contribution < -0.4 is 5.73 Å². The summed E-state index contributed by atoms with van der Waals surface area (Å²) in [6.07, 6.45) is 2.32. The Morgan fingerprint density at radius 3 is 2.94 bits per heavy atom. The van der Waals surface area contributed by atoms with E-state index in [4.69, 9.17) is 10.3 Å². The van der Waals surface area contributed by atoms with Gasteiger partial charge in [0.05, 0.1) is 0 Å². The zero-order chi connectivity index (χ0) is 11.1. The molecule has 2 heterocycles. The number of nitrogens with two attached hydrogens (primary N) is 1. The molecule has 84 valence electrons. The van der Waals surface area contributed by atoms with Gasteiger partial charge in [-0.05, 0) is 31.9 Å². The summed E-state index contributed by atoms with van der Waals surface area (Å²) in [6, 6.07) is 3.83. The molecule has 0 aromatic carbocycles. The highest BCUT2D eigenvalue weighted by Crippen LogP contribution is 2.39. The predicted molar refractivity (Wildman–Crippen MR) is 61.4 cm³/mol. The van der Waals surface area contributed by atoms with Gasteiger partial charge in [0.1, 0.15) is 6.04 Å². The smallest absolute Gasteiger partial charge is 0.229 e. The van der Waals surface area contributed by atoms with E-state index in [0.29, 0.717) is 11.7 Å². The molecule has 5 heteroatoms. The van der Waals surface area contributed by atoms with Crippen LogP contribution >= 0.6 is 11.3 Å². The molecule has 0 saturated heterocycles. The van der Waals surface area contributed by atoms with E-state index in [-0.39, 0.29) is 6.04 Å². The summed E-state index contributed by atoms with van der Waals surface area (Å²) in [5.41, 5.74) is 6.09. The molecule has 1 saturated carbocycles. The second-order valence-corrected chi connectivity index (χ2v) is 5.51. The van der Waals surface area contributed by atoms with E-state index in [1.54, 1.807) is 11.3 Å². The molecule has 4 nitrogen and oxygen atoms in total. The molecule has 2 aromatic heterocycles. The summed E-state index contributed by atoms with van der Waals surface area (Å²) < 4.78 is 5.20. The van der Waals surface area contributed by atoms with Crippen molar-refractivity contribution in [2.45, 2.75) is 31.7 Å². The lowest BCUT2D eigenvalue weighted by molar-refractivity contribution is 0.372. The fraction of sp³-hybridized carbons (Fsp3) is 0.455. The Balaban J connectivity index is 1.84. The predicted octanol–water partition coefficient (Wildman–Crippen LogP) is 2.37. The van der Waals surface area contributed by atoms with Crippen molar-refractivity contribution in [1.82, 2.24) is 10.1 Å². The Morgan fingerprint density at radius 1 is 1.50 bits per heavy atom. The lowest BCUT2D eigenvalue weighted by atomic mass is 10.2. The van der Waals surface area contributed by atoms with Crippen molar-refractivity contribution in [2.75, 3.05) is 0 Å². The van der Waals surface area contributed by atoms with Gasteiger partial charge in [-0.15, -0.1) is 11.3 Å². The van der Waals surface area contributed by atoms with E-state index in [1.165, 1.54) is 4.88 Å². The van der Waals surface area contributed by atoms with Crippen LogP contribution in [0.2, 0.25) is 0 Å². The number of aromatic nitrogens is 2. The van der Waals surface area contributed by atoms with Gasteiger partial charge in [-0.25, -0.2) is 0 Å². The fourth-order valence-electron chi connectivity index (χ4n) is 1.62. The number of rotatable bonds is 3. The van der Waals surface area contributed by atoms with Crippen molar-refractivity contribution < 1.29 is 4.52 Å². The lowest BCUT2D eigenvalue weighted by Crippen LogP contribution is -2.12. The van der Waals surface area contributed by atoms with Crippen LogP contribution in [0.25, 0.3) is 0 Å². The highest BCUT2D eigenvalue weighted by atomic mass is 32.1. The van der Waals surface area contributed by atoms with Crippen LogP contribution in [0.1, 0.15) is 46.3 Å².